The lowest BCUT2D eigenvalue weighted by atomic mass is 10.0. The van der Waals surface area contributed by atoms with Crippen LogP contribution in [0, 0.1) is 5.82 Å². The van der Waals surface area contributed by atoms with Gasteiger partial charge in [-0.2, -0.15) is 0 Å². The Morgan fingerprint density at radius 3 is 2.50 bits per heavy atom. The number of methoxy groups -OCH3 is 1. The lowest BCUT2D eigenvalue weighted by molar-refractivity contribution is -0.117. The molecule has 1 amide bonds. The van der Waals surface area contributed by atoms with Gasteiger partial charge in [-0.1, -0.05) is 12.1 Å². The van der Waals surface area contributed by atoms with Gasteiger partial charge >= 0.3 is 0 Å². The van der Waals surface area contributed by atoms with Crippen LogP contribution in [0.25, 0.3) is 0 Å². The monoisotopic (exact) mass is 356 g/mol. The number of hydrogen-bond donors (Lipinski definition) is 0. The Bertz CT molecular complexity index is 740. The maximum atomic E-state index is 13.2. The van der Waals surface area contributed by atoms with Crippen LogP contribution < -0.4 is 9.64 Å². The molecular weight excluding hydrogens is 331 g/mol. The number of nitrogens with zero attached hydrogens (tertiary/aromatic N) is 2. The summed E-state index contributed by atoms with van der Waals surface area (Å²) >= 11 is 0. The highest BCUT2D eigenvalue weighted by molar-refractivity contribution is 5.92. The quantitative estimate of drug-likeness (QED) is 0.816. The minimum absolute atomic E-state index is 0.00264. The van der Waals surface area contributed by atoms with Crippen molar-refractivity contribution in [3.8, 4) is 5.75 Å². The molecule has 0 unspecified atom stereocenters. The molecule has 1 saturated heterocycles. The number of piperidine rings is 1. The van der Waals surface area contributed by atoms with E-state index in [1.807, 2.05) is 17.0 Å². The van der Waals surface area contributed by atoms with Gasteiger partial charge in [-0.3, -0.25) is 9.69 Å². The molecule has 138 valence electrons. The van der Waals surface area contributed by atoms with Gasteiger partial charge in [0.2, 0.25) is 5.91 Å². The van der Waals surface area contributed by atoms with Gasteiger partial charge in [-0.25, -0.2) is 4.39 Å². The maximum Gasteiger partial charge on any atom is 0.224 e. The fourth-order valence-electron chi connectivity index (χ4n) is 3.62. The first-order valence-corrected chi connectivity index (χ1v) is 8.97. The summed E-state index contributed by atoms with van der Waals surface area (Å²) in [5.74, 6) is 0.588. The molecule has 0 atom stereocenters. The fourth-order valence-corrected chi connectivity index (χ4v) is 3.62. The maximum absolute atomic E-state index is 13.2. The molecule has 0 aromatic heterocycles. The van der Waals surface area contributed by atoms with Crippen LogP contribution in [0.3, 0.4) is 0 Å². The summed E-state index contributed by atoms with van der Waals surface area (Å²) in [6.45, 7) is 4.30. The standard InChI is InChI=1S/C21H25FN2O2/c1-16(25)24(19-8-6-18(22)7-9-19)20-10-12-23(13-11-20)15-17-4-3-5-21(14-17)26-2/h3-9,14,20H,10-13,15H2,1-2H3. The summed E-state index contributed by atoms with van der Waals surface area (Å²) in [4.78, 5) is 16.4. The summed E-state index contributed by atoms with van der Waals surface area (Å²) in [6, 6.07) is 14.4. The van der Waals surface area contributed by atoms with Gasteiger partial charge in [0.1, 0.15) is 11.6 Å². The van der Waals surface area contributed by atoms with E-state index < -0.39 is 0 Å². The smallest absolute Gasteiger partial charge is 0.224 e. The molecule has 1 aliphatic rings. The molecule has 2 aromatic rings. The number of amides is 1. The molecule has 1 fully saturated rings. The van der Waals surface area contributed by atoms with Crippen LogP contribution in [0.2, 0.25) is 0 Å². The van der Waals surface area contributed by atoms with Crippen molar-refractivity contribution in [3.05, 3.63) is 59.9 Å². The van der Waals surface area contributed by atoms with Gasteiger partial charge in [-0.05, 0) is 54.8 Å². The number of hydrogen-bond acceptors (Lipinski definition) is 3. The molecule has 0 spiro atoms. The van der Waals surface area contributed by atoms with Crippen LogP contribution in [-0.4, -0.2) is 37.0 Å². The third kappa shape index (κ3) is 4.41. The van der Waals surface area contributed by atoms with Gasteiger partial charge in [-0.15, -0.1) is 0 Å². The SMILES string of the molecule is COc1cccc(CN2CCC(N(C(C)=O)c3ccc(F)cc3)CC2)c1. The van der Waals surface area contributed by atoms with E-state index in [0.717, 1.165) is 43.9 Å². The van der Waals surface area contributed by atoms with E-state index in [1.165, 1.54) is 17.7 Å². The lowest BCUT2D eigenvalue weighted by Gasteiger charge is -2.38. The van der Waals surface area contributed by atoms with Crippen LogP contribution in [-0.2, 0) is 11.3 Å². The summed E-state index contributed by atoms with van der Waals surface area (Å²) in [7, 11) is 1.68. The first kappa shape index (κ1) is 18.4. The molecule has 1 aliphatic heterocycles. The summed E-state index contributed by atoms with van der Waals surface area (Å²) in [5.41, 5.74) is 2.00. The number of ether oxygens (including phenoxy) is 1. The average molecular weight is 356 g/mol. The highest BCUT2D eigenvalue weighted by Gasteiger charge is 2.27. The molecule has 0 saturated carbocycles. The molecule has 0 N–H and O–H groups in total. The number of anilines is 1. The second kappa shape index (κ2) is 8.32. The van der Waals surface area contributed by atoms with E-state index in [2.05, 4.69) is 17.0 Å². The molecule has 1 heterocycles. The number of rotatable bonds is 5. The van der Waals surface area contributed by atoms with Gasteiger partial charge in [0.25, 0.3) is 0 Å². The minimum atomic E-state index is -0.287. The van der Waals surface area contributed by atoms with E-state index in [9.17, 15) is 9.18 Å². The number of halogens is 1. The Morgan fingerprint density at radius 2 is 1.88 bits per heavy atom. The summed E-state index contributed by atoms with van der Waals surface area (Å²) in [5, 5.41) is 0. The van der Waals surface area contributed by atoms with Crippen molar-refractivity contribution in [2.24, 2.45) is 0 Å². The molecular formula is C21H25FN2O2. The zero-order valence-corrected chi connectivity index (χ0v) is 15.3. The number of likely N-dealkylation sites (tertiary alicyclic amines) is 1. The second-order valence-electron chi connectivity index (χ2n) is 6.72. The first-order valence-electron chi connectivity index (χ1n) is 8.97. The van der Waals surface area contributed by atoms with Gasteiger partial charge in [0.15, 0.2) is 0 Å². The number of carbonyl (C=O) groups excluding carboxylic acids is 1. The van der Waals surface area contributed by atoms with Crippen molar-refractivity contribution in [1.29, 1.82) is 0 Å². The molecule has 4 nitrogen and oxygen atoms in total. The van der Waals surface area contributed by atoms with E-state index >= 15 is 0 Å². The van der Waals surface area contributed by atoms with Crippen molar-refractivity contribution in [1.82, 2.24) is 4.90 Å². The average Bonchev–Trinajstić information content (AvgIpc) is 2.65. The zero-order valence-electron chi connectivity index (χ0n) is 15.3. The Balaban J connectivity index is 1.62. The summed E-state index contributed by atoms with van der Waals surface area (Å²) in [6.07, 6.45) is 1.81. The van der Waals surface area contributed by atoms with E-state index in [1.54, 1.807) is 26.2 Å². The van der Waals surface area contributed by atoms with Crippen LogP contribution >= 0.6 is 0 Å². The predicted molar refractivity (Wildman–Crippen MR) is 101 cm³/mol. The zero-order chi connectivity index (χ0) is 18.5. The second-order valence-corrected chi connectivity index (χ2v) is 6.72. The normalized spacial score (nSPS) is 15.7. The Kier molecular flexibility index (Phi) is 5.89. The van der Waals surface area contributed by atoms with E-state index in [-0.39, 0.29) is 17.8 Å². The molecule has 26 heavy (non-hydrogen) atoms. The van der Waals surface area contributed by atoms with E-state index in [4.69, 9.17) is 4.74 Å². The molecule has 2 aromatic carbocycles. The highest BCUT2D eigenvalue weighted by atomic mass is 19.1. The largest absolute Gasteiger partial charge is 0.497 e. The summed E-state index contributed by atoms with van der Waals surface area (Å²) < 4.78 is 18.5. The van der Waals surface area contributed by atoms with Crippen molar-refractivity contribution in [2.45, 2.75) is 32.4 Å². The molecule has 3 rings (SSSR count). The van der Waals surface area contributed by atoms with Crippen molar-refractivity contribution in [2.75, 3.05) is 25.1 Å². The molecule has 5 heteroatoms. The first-order chi connectivity index (χ1) is 12.6. The van der Waals surface area contributed by atoms with E-state index in [0.29, 0.717) is 0 Å². The van der Waals surface area contributed by atoms with Crippen molar-refractivity contribution >= 4 is 11.6 Å². The number of benzene rings is 2. The molecule has 0 aliphatic carbocycles. The van der Waals surface area contributed by atoms with Crippen molar-refractivity contribution < 1.29 is 13.9 Å². The van der Waals surface area contributed by atoms with Gasteiger partial charge in [0.05, 0.1) is 7.11 Å². The lowest BCUT2D eigenvalue weighted by Crippen LogP contribution is -2.46. The number of carbonyl (C=O) groups is 1. The molecule has 0 bridgehead atoms. The van der Waals surface area contributed by atoms with Gasteiger partial charge in [0, 0.05) is 38.3 Å². The van der Waals surface area contributed by atoms with Crippen LogP contribution in [0.1, 0.15) is 25.3 Å². The molecule has 0 radical (unpaired) electrons. The van der Waals surface area contributed by atoms with Crippen LogP contribution in [0.15, 0.2) is 48.5 Å². The van der Waals surface area contributed by atoms with Crippen LogP contribution in [0.5, 0.6) is 5.75 Å². The van der Waals surface area contributed by atoms with Crippen molar-refractivity contribution in [3.63, 3.8) is 0 Å². The Labute approximate surface area is 154 Å². The fraction of sp³-hybridized carbons (Fsp3) is 0.381. The predicted octanol–water partition coefficient (Wildman–Crippen LogP) is 3.85. The Morgan fingerprint density at radius 1 is 1.19 bits per heavy atom. The van der Waals surface area contributed by atoms with Gasteiger partial charge < -0.3 is 9.64 Å². The third-order valence-corrected chi connectivity index (χ3v) is 4.91. The topological polar surface area (TPSA) is 32.8 Å². The highest BCUT2D eigenvalue weighted by Crippen LogP contribution is 2.25. The minimum Gasteiger partial charge on any atom is -0.497 e. The van der Waals surface area contributed by atoms with Crippen LogP contribution in [0.4, 0.5) is 10.1 Å². The Hall–Kier alpha value is -2.40. The third-order valence-electron chi connectivity index (χ3n) is 4.91.